The van der Waals surface area contributed by atoms with Gasteiger partial charge in [-0.05, 0) is 56.1 Å². The molecule has 1 atom stereocenters. The van der Waals surface area contributed by atoms with Crippen LogP contribution >= 0.6 is 35.7 Å². The highest BCUT2D eigenvalue weighted by Crippen LogP contribution is 2.31. The smallest absolute Gasteiger partial charge is 0.193 e. The first-order valence-electron chi connectivity index (χ1n) is 10.5. The molecule has 28 heavy (non-hydrogen) atoms. The molecular weight excluding hydrogens is 481 g/mol. The highest BCUT2D eigenvalue weighted by atomic mass is 127. The average molecular weight is 520 g/mol. The van der Waals surface area contributed by atoms with Crippen molar-refractivity contribution in [2.75, 3.05) is 38.5 Å². The van der Waals surface area contributed by atoms with Gasteiger partial charge in [0.2, 0.25) is 0 Å². The topological polar surface area (TPSA) is 47.9 Å². The van der Waals surface area contributed by atoms with Crippen LogP contribution in [0.15, 0.2) is 40.2 Å². The molecule has 1 unspecified atom stereocenters. The fourth-order valence-electron chi connectivity index (χ4n) is 3.70. The Morgan fingerprint density at radius 2 is 1.96 bits per heavy atom. The number of hydrogen-bond donors (Lipinski definition) is 2. The van der Waals surface area contributed by atoms with Crippen LogP contribution < -0.4 is 5.32 Å². The lowest BCUT2D eigenvalue weighted by Crippen LogP contribution is -2.41. The number of hydrogen-bond acceptors (Lipinski definition) is 3. The minimum Gasteiger partial charge on any atom is -0.396 e. The zero-order chi connectivity index (χ0) is 19.5. The fourth-order valence-corrected chi connectivity index (χ4v) is 4.75. The van der Waals surface area contributed by atoms with E-state index in [1.807, 2.05) is 11.8 Å². The number of benzene rings is 1. The number of guanidine groups is 1. The second-order valence-electron chi connectivity index (χ2n) is 7.58. The second-order valence-corrected chi connectivity index (χ2v) is 8.67. The molecule has 0 aromatic heterocycles. The van der Waals surface area contributed by atoms with Crippen LogP contribution in [-0.2, 0) is 0 Å². The van der Waals surface area contributed by atoms with E-state index in [4.69, 9.17) is 4.99 Å². The van der Waals surface area contributed by atoms with Crippen molar-refractivity contribution in [3.8, 4) is 0 Å². The lowest BCUT2D eigenvalue weighted by atomic mass is 9.79. The van der Waals surface area contributed by atoms with Crippen molar-refractivity contribution in [2.24, 2.45) is 16.3 Å². The summed E-state index contributed by atoms with van der Waals surface area (Å²) in [6.45, 7) is 10.7. The summed E-state index contributed by atoms with van der Waals surface area (Å²) >= 11 is 1.96. The quantitative estimate of drug-likeness (QED) is 0.200. The zero-order valence-corrected chi connectivity index (χ0v) is 20.8. The van der Waals surface area contributed by atoms with E-state index in [0.717, 1.165) is 57.2 Å². The van der Waals surface area contributed by atoms with Crippen molar-refractivity contribution in [3.05, 3.63) is 30.3 Å². The molecule has 160 valence electrons. The Bertz CT molecular complexity index is 566. The molecule has 0 bridgehead atoms. The molecule has 1 aromatic carbocycles. The molecule has 1 aliphatic rings. The van der Waals surface area contributed by atoms with Crippen molar-refractivity contribution in [2.45, 2.75) is 51.3 Å². The normalized spacial score (nSPS) is 17.5. The SMILES string of the molecule is CCNC(=NCC(CC)(CC)CCO)N1CCC(CSc2ccccc2)C1.I. The number of aliphatic hydroxyl groups excluding tert-OH is 1. The lowest BCUT2D eigenvalue weighted by molar-refractivity contribution is 0.175. The Morgan fingerprint density at radius 1 is 1.25 bits per heavy atom. The van der Waals surface area contributed by atoms with Crippen molar-refractivity contribution in [1.82, 2.24) is 10.2 Å². The van der Waals surface area contributed by atoms with Crippen molar-refractivity contribution in [3.63, 3.8) is 0 Å². The summed E-state index contributed by atoms with van der Waals surface area (Å²) in [7, 11) is 0. The lowest BCUT2D eigenvalue weighted by Gasteiger charge is -2.30. The van der Waals surface area contributed by atoms with Crippen LogP contribution in [0.3, 0.4) is 0 Å². The predicted molar refractivity (Wildman–Crippen MR) is 133 cm³/mol. The third-order valence-electron chi connectivity index (χ3n) is 5.86. The highest BCUT2D eigenvalue weighted by molar-refractivity contribution is 14.0. The van der Waals surface area contributed by atoms with E-state index in [1.54, 1.807) is 0 Å². The molecule has 0 aliphatic carbocycles. The Morgan fingerprint density at radius 3 is 2.57 bits per heavy atom. The molecule has 4 nitrogen and oxygen atoms in total. The van der Waals surface area contributed by atoms with E-state index < -0.39 is 0 Å². The van der Waals surface area contributed by atoms with Gasteiger partial charge < -0.3 is 15.3 Å². The van der Waals surface area contributed by atoms with Gasteiger partial charge in [0.05, 0.1) is 0 Å². The third-order valence-corrected chi connectivity index (χ3v) is 7.10. The summed E-state index contributed by atoms with van der Waals surface area (Å²) in [6.07, 6.45) is 4.18. The molecular formula is C22H38IN3OS. The van der Waals surface area contributed by atoms with Crippen LogP contribution in [0.5, 0.6) is 0 Å². The predicted octanol–water partition coefficient (Wildman–Crippen LogP) is 4.87. The first kappa shape index (κ1) is 25.6. The van der Waals surface area contributed by atoms with Gasteiger partial charge >= 0.3 is 0 Å². The van der Waals surface area contributed by atoms with Crippen LogP contribution in [0.4, 0.5) is 0 Å². The summed E-state index contributed by atoms with van der Waals surface area (Å²) < 4.78 is 0. The Hall–Kier alpha value is -0.470. The van der Waals surface area contributed by atoms with Gasteiger partial charge in [-0.2, -0.15) is 0 Å². The average Bonchev–Trinajstić information content (AvgIpc) is 3.18. The maximum atomic E-state index is 9.46. The maximum absolute atomic E-state index is 9.46. The number of aliphatic imine (C=N–C) groups is 1. The van der Waals surface area contributed by atoms with E-state index in [9.17, 15) is 5.11 Å². The van der Waals surface area contributed by atoms with Crippen LogP contribution in [0.25, 0.3) is 0 Å². The van der Waals surface area contributed by atoms with E-state index in [0.29, 0.717) is 5.92 Å². The molecule has 1 heterocycles. The van der Waals surface area contributed by atoms with Gasteiger partial charge in [0.25, 0.3) is 0 Å². The van der Waals surface area contributed by atoms with E-state index in [1.165, 1.54) is 11.3 Å². The van der Waals surface area contributed by atoms with Crippen molar-refractivity contribution >= 4 is 41.7 Å². The first-order valence-corrected chi connectivity index (χ1v) is 11.5. The first-order chi connectivity index (χ1) is 13.2. The van der Waals surface area contributed by atoms with Crippen molar-refractivity contribution in [1.29, 1.82) is 0 Å². The molecule has 0 spiro atoms. The van der Waals surface area contributed by atoms with Gasteiger partial charge in [-0.25, -0.2) is 0 Å². The molecule has 1 aromatic rings. The zero-order valence-electron chi connectivity index (χ0n) is 17.7. The Balaban J connectivity index is 0.00000392. The largest absolute Gasteiger partial charge is 0.396 e. The number of nitrogens with zero attached hydrogens (tertiary/aromatic N) is 2. The maximum Gasteiger partial charge on any atom is 0.193 e. The second kappa shape index (κ2) is 13.7. The summed E-state index contributed by atoms with van der Waals surface area (Å²) in [4.78, 5) is 8.78. The molecule has 2 N–H and O–H groups in total. The van der Waals surface area contributed by atoms with Gasteiger partial charge in [0.1, 0.15) is 0 Å². The summed E-state index contributed by atoms with van der Waals surface area (Å²) in [5.74, 6) is 2.92. The number of halogens is 1. The number of nitrogens with one attached hydrogen (secondary N) is 1. The van der Waals surface area contributed by atoms with Gasteiger partial charge in [-0.3, -0.25) is 4.99 Å². The summed E-state index contributed by atoms with van der Waals surface area (Å²) in [5, 5.41) is 12.9. The standard InChI is InChI=1S/C22H37N3OS.HI/c1-4-22(5-2,13-15-26)18-24-21(23-6-3)25-14-12-19(16-25)17-27-20-10-8-7-9-11-20;/h7-11,19,26H,4-6,12-18H2,1-3H3,(H,23,24);1H. The number of thioether (sulfide) groups is 1. The van der Waals surface area contributed by atoms with E-state index >= 15 is 0 Å². The van der Waals surface area contributed by atoms with Gasteiger partial charge in [-0.1, -0.05) is 32.0 Å². The van der Waals surface area contributed by atoms with E-state index in [2.05, 4.69) is 61.3 Å². The molecule has 0 radical (unpaired) electrons. The number of rotatable bonds is 10. The molecule has 6 heteroatoms. The summed E-state index contributed by atoms with van der Waals surface area (Å²) in [6, 6.07) is 10.7. The Labute approximate surface area is 193 Å². The number of aliphatic hydroxyl groups is 1. The molecule has 2 rings (SSSR count). The minimum atomic E-state index is 0. The molecule has 1 aliphatic heterocycles. The van der Waals surface area contributed by atoms with Crippen LogP contribution in [-0.4, -0.2) is 54.5 Å². The number of likely N-dealkylation sites (tertiary alicyclic amines) is 1. The van der Waals surface area contributed by atoms with Crippen LogP contribution in [0, 0.1) is 11.3 Å². The van der Waals surface area contributed by atoms with Gasteiger partial charge in [-0.15, -0.1) is 35.7 Å². The van der Waals surface area contributed by atoms with Crippen LogP contribution in [0.1, 0.15) is 46.5 Å². The minimum absolute atomic E-state index is 0. The summed E-state index contributed by atoms with van der Waals surface area (Å²) in [5.41, 5.74) is 0.123. The third kappa shape index (κ3) is 7.75. The van der Waals surface area contributed by atoms with Crippen molar-refractivity contribution < 1.29 is 5.11 Å². The Kier molecular flexibility index (Phi) is 12.5. The van der Waals surface area contributed by atoms with Gasteiger partial charge in [0.15, 0.2) is 5.96 Å². The molecule has 0 saturated carbocycles. The monoisotopic (exact) mass is 519 g/mol. The molecule has 1 fully saturated rings. The van der Waals surface area contributed by atoms with E-state index in [-0.39, 0.29) is 36.0 Å². The molecule has 0 amide bonds. The highest BCUT2D eigenvalue weighted by Gasteiger charge is 2.28. The fraction of sp³-hybridized carbons (Fsp3) is 0.682. The van der Waals surface area contributed by atoms with Gasteiger partial charge in [0, 0.05) is 43.4 Å². The molecule has 1 saturated heterocycles. The van der Waals surface area contributed by atoms with Crippen LogP contribution in [0.2, 0.25) is 0 Å².